The van der Waals surface area contributed by atoms with Crippen LogP contribution in [0.1, 0.15) is 18.6 Å². The Kier molecular flexibility index (Phi) is 4.86. The third kappa shape index (κ3) is 3.69. The van der Waals surface area contributed by atoms with E-state index in [1.54, 1.807) is 7.11 Å². The molecule has 0 aliphatic carbocycles. The summed E-state index contributed by atoms with van der Waals surface area (Å²) in [5, 5.41) is 20.1. The smallest absolute Gasteiger partial charge is 0.270 e. The summed E-state index contributed by atoms with van der Waals surface area (Å²) in [5.74, 6) is 0.433. The number of ether oxygens (including phenoxy) is 2. The van der Waals surface area contributed by atoms with Crippen molar-refractivity contribution in [3.8, 4) is 5.75 Å². The number of nitro benzene ring substituents is 1. The third-order valence-corrected chi connectivity index (χ3v) is 2.20. The molecule has 1 unspecified atom stereocenters. The van der Waals surface area contributed by atoms with Gasteiger partial charge in [0.25, 0.3) is 5.69 Å². The highest BCUT2D eigenvalue weighted by atomic mass is 16.6. The van der Waals surface area contributed by atoms with E-state index in [1.165, 1.54) is 25.1 Å². The van der Waals surface area contributed by atoms with Gasteiger partial charge in [-0.05, 0) is 13.0 Å². The van der Waals surface area contributed by atoms with Gasteiger partial charge < -0.3 is 14.6 Å². The average Bonchev–Trinajstić information content (AvgIpc) is 2.29. The van der Waals surface area contributed by atoms with Crippen LogP contribution >= 0.6 is 0 Å². The fourth-order valence-corrected chi connectivity index (χ4v) is 1.34. The molecule has 0 saturated heterocycles. The van der Waals surface area contributed by atoms with Gasteiger partial charge >= 0.3 is 0 Å². The molecule has 17 heavy (non-hydrogen) atoms. The molecule has 0 aliphatic heterocycles. The van der Waals surface area contributed by atoms with Gasteiger partial charge in [-0.15, -0.1) is 0 Å². The lowest BCUT2D eigenvalue weighted by Crippen LogP contribution is -2.07. The highest BCUT2D eigenvalue weighted by Crippen LogP contribution is 2.29. The lowest BCUT2D eigenvalue weighted by Gasteiger charge is -2.12. The lowest BCUT2D eigenvalue weighted by molar-refractivity contribution is -0.385. The van der Waals surface area contributed by atoms with Crippen LogP contribution in [-0.2, 0) is 4.74 Å². The predicted molar refractivity (Wildman–Crippen MR) is 61.1 cm³/mol. The van der Waals surface area contributed by atoms with Gasteiger partial charge in [0.05, 0.1) is 17.6 Å². The van der Waals surface area contributed by atoms with E-state index in [0.29, 0.717) is 24.5 Å². The molecule has 0 amide bonds. The molecule has 6 nitrogen and oxygen atoms in total. The number of nitrogens with zero attached hydrogens (tertiary/aromatic N) is 1. The normalized spacial score (nSPS) is 12.2. The molecule has 0 heterocycles. The van der Waals surface area contributed by atoms with Crippen molar-refractivity contribution < 1.29 is 19.5 Å². The largest absolute Gasteiger partial charge is 0.491 e. The molecule has 0 fully saturated rings. The summed E-state index contributed by atoms with van der Waals surface area (Å²) < 4.78 is 10.2. The molecule has 0 saturated carbocycles. The number of nitro groups is 1. The first-order chi connectivity index (χ1) is 8.06. The van der Waals surface area contributed by atoms with Gasteiger partial charge in [-0.2, -0.15) is 0 Å². The molecule has 1 N–H and O–H groups in total. The van der Waals surface area contributed by atoms with Gasteiger partial charge in [0.2, 0.25) is 0 Å². The quantitative estimate of drug-likeness (QED) is 0.465. The van der Waals surface area contributed by atoms with Gasteiger partial charge in [0.1, 0.15) is 12.4 Å². The van der Waals surface area contributed by atoms with Crippen molar-refractivity contribution in [1.82, 2.24) is 0 Å². The van der Waals surface area contributed by atoms with Crippen molar-refractivity contribution in [2.24, 2.45) is 0 Å². The third-order valence-electron chi connectivity index (χ3n) is 2.20. The van der Waals surface area contributed by atoms with Crippen LogP contribution in [0.15, 0.2) is 18.2 Å². The van der Waals surface area contributed by atoms with Crippen LogP contribution in [0.2, 0.25) is 0 Å². The molecule has 0 spiro atoms. The van der Waals surface area contributed by atoms with Gasteiger partial charge in [-0.3, -0.25) is 10.1 Å². The van der Waals surface area contributed by atoms with E-state index < -0.39 is 11.0 Å². The van der Waals surface area contributed by atoms with Gasteiger partial charge in [-0.1, -0.05) is 0 Å². The van der Waals surface area contributed by atoms with Crippen LogP contribution in [0.3, 0.4) is 0 Å². The average molecular weight is 241 g/mol. The SMILES string of the molecule is COCCOc1ccc([N+](=O)[O-])cc1C(C)O. The maximum atomic E-state index is 10.6. The molecule has 1 aromatic rings. The second kappa shape index (κ2) is 6.17. The molecule has 1 atom stereocenters. The predicted octanol–water partition coefficient (Wildman–Crippen LogP) is 1.67. The Bertz CT molecular complexity index is 391. The van der Waals surface area contributed by atoms with Crippen LogP contribution < -0.4 is 4.74 Å². The van der Waals surface area contributed by atoms with Crippen molar-refractivity contribution in [2.45, 2.75) is 13.0 Å². The first-order valence-electron chi connectivity index (χ1n) is 5.14. The molecule has 1 rings (SSSR count). The molecule has 1 aromatic carbocycles. The molecular formula is C11H15NO5. The summed E-state index contributed by atoms with van der Waals surface area (Å²) in [6, 6.07) is 4.14. The zero-order chi connectivity index (χ0) is 12.8. The zero-order valence-electron chi connectivity index (χ0n) is 9.75. The highest BCUT2D eigenvalue weighted by molar-refractivity contribution is 5.44. The Labute approximate surface area is 98.9 Å². The number of methoxy groups -OCH3 is 1. The molecule has 0 aromatic heterocycles. The number of hydrogen-bond donors (Lipinski definition) is 1. The molecule has 94 valence electrons. The Morgan fingerprint density at radius 3 is 2.71 bits per heavy atom. The Balaban J connectivity index is 2.92. The fourth-order valence-electron chi connectivity index (χ4n) is 1.34. The van der Waals surface area contributed by atoms with Crippen molar-refractivity contribution >= 4 is 5.69 Å². The maximum absolute atomic E-state index is 10.6. The standard InChI is InChI=1S/C11H15NO5/c1-8(13)10-7-9(12(14)15)3-4-11(10)17-6-5-16-2/h3-4,7-8,13H,5-6H2,1-2H3. The summed E-state index contributed by atoms with van der Waals surface area (Å²) in [4.78, 5) is 10.1. The molecule has 6 heteroatoms. The highest BCUT2D eigenvalue weighted by Gasteiger charge is 2.15. The van der Waals surface area contributed by atoms with E-state index in [0.717, 1.165) is 0 Å². The topological polar surface area (TPSA) is 81.8 Å². The Morgan fingerprint density at radius 2 is 2.18 bits per heavy atom. The van der Waals surface area contributed by atoms with E-state index in [1.807, 2.05) is 0 Å². The summed E-state index contributed by atoms with van der Waals surface area (Å²) in [6.07, 6.45) is -0.826. The second-order valence-corrected chi connectivity index (χ2v) is 3.50. The van der Waals surface area contributed by atoms with E-state index in [-0.39, 0.29) is 5.69 Å². The molecule has 0 aliphatic rings. The van der Waals surface area contributed by atoms with Crippen LogP contribution in [0.5, 0.6) is 5.75 Å². The number of benzene rings is 1. The number of rotatable bonds is 6. The van der Waals surface area contributed by atoms with Gasteiger partial charge in [-0.25, -0.2) is 0 Å². The summed E-state index contributed by atoms with van der Waals surface area (Å²) in [7, 11) is 1.55. The summed E-state index contributed by atoms with van der Waals surface area (Å²) in [6.45, 7) is 2.27. The van der Waals surface area contributed by atoms with E-state index >= 15 is 0 Å². The zero-order valence-corrected chi connectivity index (χ0v) is 9.75. The first kappa shape index (κ1) is 13.4. The van der Waals surface area contributed by atoms with E-state index in [4.69, 9.17) is 9.47 Å². The first-order valence-corrected chi connectivity index (χ1v) is 5.14. The van der Waals surface area contributed by atoms with Crippen molar-refractivity contribution in [3.05, 3.63) is 33.9 Å². The van der Waals surface area contributed by atoms with Crippen LogP contribution in [0, 0.1) is 10.1 Å². The van der Waals surface area contributed by atoms with E-state index in [2.05, 4.69) is 0 Å². The minimum atomic E-state index is -0.826. The second-order valence-electron chi connectivity index (χ2n) is 3.50. The number of aliphatic hydroxyl groups is 1. The van der Waals surface area contributed by atoms with Crippen LogP contribution in [0.25, 0.3) is 0 Å². The lowest BCUT2D eigenvalue weighted by atomic mass is 10.1. The summed E-state index contributed by atoms with van der Waals surface area (Å²) in [5.41, 5.74) is 0.329. The Morgan fingerprint density at radius 1 is 1.47 bits per heavy atom. The number of non-ortho nitro benzene ring substituents is 1. The van der Waals surface area contributed by atoms with Gasteiger partial charge in [0, 0.05) is 24.8 Å². The molecular weight excluding hydrogens is 226 g/mol. The van der Waals surface area contributed by atoms with Crippen LogP contribution in [0.4, 0.5) is 5.69 Å². The van der Waals surface area contributed by atoms with Crippen LogP contribution in [-0.4, -0.2) is 30.4 Å². The van der Waals surface area contributed by atoms with Crippen molar-refractivity contribution in [3.63, 3.8) is 0 Å². The maximum Gasteiger partial charge on any atom is 0.270 e. The minimum Gasteiger partial charge on any atom is -0.491 e. The fraction of sp³-hybridized carbons (Fsp3) is 0.455. The number of hydrogen-bond acceptors (Lipinski definition) is 5. The number of aliphatic hydroxyl groups excluding tert-OH is 1. The minimum absolute atomic E-state index is 0.0695. The van der Waals surface area contributed by atoms with E-state index in [9.17, 15) is 15.2 Å². The monoisotopic (exact) mass is 241 g/mol. The Hall–Kier alpha value is -1.66. The van der Waals surface area contributed by atoms with Crippen molar-refractivity contribution in [1.29, 1.82) is 0 Å². The van der Waals surface area contributed by atoms with Gasteiger partial charge in [0.15, 0.2) is 0 Å². The van der Waals surface area contributed by atoms with Crippen molar-refractivity contribution in [2.75, 3.05) is 20.3 Å². The molecule has 0 radical (unpaired) electrons. The molecule has 0 bridgehead atoms. The summed E-state index contributed by atoms with van der Waals surface area (Å²) >= 11 is 0.